The van der Waals surface area contributed by atoms with Crippen LogP contribution in [0.1, 0.15) is 51.6 Å². The molecule has 0 radical (unpaired) electrons. The lowest BCUT2D eigenvalue weighted by atomic mass is 10.0. The molecule has 6 heteroatoms. The third kappa shape index (κ3) is 3.94. The number of ether oxygens (including phenoxy) is 1. The van der Waals surface area contributed by atoms with E-state index in [-0.39, 0.29) is 12.0 Å². The second kappa shape index (κ2) is 5.59. The van der Waals surface area contributed by atoms with Gasteiger partial charge in [-0.2, -0.15) is 15.4 Å². The lowest BCUT2D eigenvalue weighted by molar-refractivity contribution is 0.0248. The van der Waals surface area contributed by atoms with E-state index in [2.05, 4.69) is 15.4 Å². The van der Waals surface area contributed by atoms with Crippen LogP contribution in [-0.2, 0) is 4.74 Å². The summed E-state index contributed by atoms with van der Waals surface area (Å²) in [5, 5.41) is 10.6. The van der Waals surface area contributed by atoms with E-state index < -0.39 is 5.60 Å². The van der Waals surface area contributed by atoms with E-state index in [0.717, 1.165) is 31.5 Å². The molecule has 1 fully saturated rings. The average molecular weight is 266 g/mol. The monoisotopic (exact) mass is 266 g/mol. The first-order chi connectivity index (χ1) is 8.96. The van der Waals surface area contributed by atoms with E-state index in [1.807, 2.05) is 20.8 Å². The van der Waals surface area contributed by atoms with Crippen LogP contribution in [0, 0.1) is 0 Å². The van der Waals surface area contributed by atoms with E-state index in [0.29, 0.717) is 6.54 Å². The van der Waals surface area contributed by atoms with Gasteiger partial charge >= 0.3 is 6.09 Å². The van der Waals surface area contributed by atoms with Crippen molar-refractivity contribution >= 4 is 6.09 Å². The highest BCUT2D eigenvalue weighted by Gasteiger charge is 2.27. The van der Waals surface area contributed by atoms with Crippen molar-refractivity contribution in [1.29, 1.82) is 0 Å². The first kappa shape index (κ1) is 13.8. The third-order valence-corrected chi connectivity index (χ3v) is 3.18. The van der Waals surface area contributed by atoms with Crippen LogP contribution < -0.4 is 0 Å². The van der Waals surface area contributed by atoms with Gasteiger partial charge in [0, 0.05) is 19.0 Å². The van der Waals surface area contributed by atoms with Crippen LogP contribution in [-0.4, -0.2) is 45.1 Å². The van der Waals surface area contributed by atoms with Crippen LogP contribution in [0.2, 0.25) is 0 Å². The molecule has 2 heterocycles. The maximum Gasteiger partial charge on any atom is 0.410 e. The normalized spacial score (nSPS) is 21.0. The highest BCUT2D eigenvalue weighted by Crippen LogP contribution is 2.25. The minimum Gasteiger partial charge on any atom is -0.444 e. The largest absolute Gasteiger partial charge is 0.444 e. The molecule has 6 nitrogen and oxygen atoms in total. The summed E-state index contributed by atoms with van der Waals surface area (Å²) in [4.78, 5) is 13.9. The van der Waals surface area contributed by atoms with E-state index in [1.165, 1.54) is 0 Å². The van der Waals surface area contributed by atoms with E-state index >= 15 is 0 Å². The zero-order valence-corrected chi connectivity index (χ0v) is 11.8. The number of nitrogens with zero attached hydrogens (tertiary/aromatic N) is 3. The summed E-state index contributed by atoms with van der Waals surface area (Å²) < 4.78 is 5.44. The molecule has 1 aliphatic heterocycles. The fourth-order valence-electron chi connectivity index (χ4n) is 2.28. The minimum atomic E-state index is -0.452. The van der Waals surface area contributed by atoms with Crippen molar-refractivity contribution in [2.45, 2.75) is 51.6 Å². The standard InChI is InChI=1S/C13H22N4O2/c1-13(2,3)19-12(18)17-7-5-4-6-10(9-17)11-8-14-16-15-11/h8,10H,4-7,9H2,1-3H3,(H,14,15,16)/t10-/m0/s1. The second-order valence-corrected chi connectivity index (χ2v) is 6.01. The Morgan fingerprint density at radius 2 is 2.26 bits per heavy atom. The number of aromatic nitrogens is 3. The Kier molecular flexibility index (Phi) is 4.07. The fourth-order valence-corrected chi connectivity index (χ4v) is 2.28. The van der Waals surface area contributed by atoms with E-state index in [1.54, 1.807) is 11.1 Å². The molecule has 0 aromatic carbocycles. The Labute approximate surface area is 113 Å². The zero-order chi connectivity index (χ0) is 13.9. The van der Waals surface area contributed by atoms with Gasteiger partial charge in [0.05, 0.1) is 11.9 Å². The van der Waals surface area contributed by atoms with Crippen molar-refractivity contribution < 1.29 is 9.53 Å². The molecule has 0 unspecified atom stereocenters. The Hall–Kier alpha value is -1.59. The number of carbonyl (C=O) groups is 1. The number of amides is 1. The van der Waals surface area contributed by atoms with Gasteiger partial charge in [-0.15, -0.1) is 0 Å². The van der Waals surface area contributed by atoms with Gasteiger partial charge in [0.2, 0.25) is 0 Å². The molecule has 1 aromatic rings. The van der Waals surface area contributed by atoms with Gasteiger partial charge in [-0.25, -0.2) is 4.79 Å². The predicted octanol–water partition coefficient (Wildman–Crippen LogP) is 2.31. The number of likely N-dealkylation sites (tertiary alicyclic amines) is 1. The van der Waals surface area contributed by atoms with Crippen molar-refractivity contribution in [3.63, 3.8) is 0 Å². The average Bonchev–Trinajstić information content (AvgIpc) is 2.71. The Morgan fingerprint density at radius 3 is 2.89 bits per heavy atom. The molecule has 0 aliphatic carbocycles. The number of aromatic amines is 1. The second-order valence-electron chi connectivity index (χ2n) is 6.01. The molecule has 1 N–H and O–H groups in total. The third-order valence-electron chi connectivity index (χ3n) is 3.18. The van der Waals surface area contributed by atoms with Gasteiger partial charge < -0.3 is 9.64 Å². The Morgan fingerprint density at radius 1 is 1.47 bits per heavy atom. The number of carbonyl (C=O) groups excluding carboxylic acids is 1. The molecule has 1 saturated heterocycles. The van der Waals surface area contributed by atoms with Crippen LogP contribution in [0.5, 0.6) is 0 Å². The lowest BCUT2D eigenvalue weighted by Crippen LogP contribution is -2.38. The molecular weight excluding hydrogens is 244 g/mol. The highest BCUT2D eigenvalue weighted by atomic mass is 16.6. The van der Waals surface area contributed by atoms with Crippen LogP contribution in [0.25, 0.3) is 0 Å². The predicted molar refractivity (Wildman–Crippen MR) is 70.8 cm³/mol. The van der Waals surface area contributed by atoms with Crippen molar-refractivity contribution in [3.05, 3.63) is 11.9 Å². The highest BCUT2D eigenvalue weighted by molar-refractivity contribution is 5.68. The van der Waals surface area contributed by atoms with Crippen molar-refractivity contribution in [3.8, 4) is 0 Å². The summed E-state index contributed by atoms with van der Waals surface area (Å²) in [5.74, 6) is 0.244. The minimum absolute atomic E-state index is 0.233. The van der Waals surface area contributed by atoms with Gasteiger partial charge in [-0.1, -0.05) is 6.42 Å². The Bertz CT molecular complexity index is 411. The molecule has 106 valence electrons. The summed E-state index contributed by atoms with van der Waals surface area (Å²) in [6, 6.07) is 0. The molecule has 1 amide bonds. The molecular formula is C13H22N4O2. The number of nitrogens with one attached hydrogen (secondary N) is 1. The lowest BCUT2D eigenvalue weighted by Gasteiger charge is -2.27. The van der Waals surface area contributed by atoms with Crippen molar-refractivity contribution in [1.82, 2.24) is 20.3 Å². The van der Waals surface area contributed by atoms with Gasteiger partial charge in [0.25, 0.3) is 0 Å². The first-order valence-corrected chi connectivity index (χ1v) is 6.79. The molecule has 2 rings (SSSR count). The molecule has 0 spiro atoms. The number of H-pyrrole nitrogens is 1. The smallest absolute Gasteiger partial charge is 0.410 e. The summed E-state index contributed by atoms with van der Waals surface area (Å²) in [6.07, 6.45) is 4.64. The van der Waals surface area contributed by atoms with Gasteiger partial charge in [-0.05, 0) is 33.6 Å². The van der Waals surface area contributed by atoms with E-state index in [4.69, 9.17) is 4.74 Å². The fraction of sp³-hybridized carbons (Fsp3) is 0.769. The number of hydrogen-bond donors (Lipinski definition) is 1. The van der Waals surface area contributed by atoms with Gasteiger partial charge in [0.15, 0.2) is 0 Å². The van der Waals surface area contributed by atoms with Crippen LogP contribution in [0.15, 0.2) is 6.20 Å². The van der Waals surface area contributed by atoms with Gasteiger partial charge in [-0.3, -0.25) is 0 Å². The SMILES string of the molecule is CC(C)(C)OC(=O)N1CCCC[C@H](c2cn[nH]n2)C1. The molecule has 1 aliphatic rings. The summed E-state index contributed by atoms with van der Waals surface area (Å²) in [5.41, 5.74) is 0.475. The van der Waals surface area contributed by atoms with Crippen LogP contribution in [0.4, 0.5) is 4.79 Å². The first-order valence-electron chi connectivity index (χ1n) is 6.79. The quantitative estimate of drug-likeness (QED) is 0.846. The van der Waals surface area contributed by atoms with Gasteiger partial charge in [0.1, 0.15) is 5.60 Å². The molecule has 0 bridgehead atoms. The van der Waals surface area contributed by atoms with Crippen LogP contribution >= 0.6 is 0 Å². The maximum atomic E-state index is 12.1. The molecule has 0 saturated carbocycles. The topological polar surface area (TPSA) is 71.1 Å². The molecule has 1 atom stereocenters. The molecule has 19 heavy (non-hydrogen) atoms. The Balaban J connectivity index is 2.02. The van der Waals surface area contributed by atoms with Crippen molar-refractivity contribution in [2.24, 2.45) is 0 Å². The summed E-state index contributed by atoms with van der Waals surface area (Å²) in [6.45, 7) is 7.07. The van der Waals surface area contributed by atoms with Crippen molar-refractivity contribution in [2.75, 3.05) is 13.1 Å². The summed E-state index contributed by atoms with van der Waals surface area (Å²) >= 11 is 0. The molecule has 1 aromatic heterocycles. The number of hydrogen-bond acceptors (Lipinski definition) is 4. The van der Waals surface area contributed by atoms with Crippen LogP contribution in [0.3, 0.4) is 0 Å². The van der Waals surface area contributed by atoms with E-state index in [9.17, 15) is 4.79 Å². The maximum absolute atomic E-state index is 12.1. The zero-order valence-electron chi connectivity index (χ0n) is 11.8. The number of rotatable bonds is 1. The summed E-state index contributed by atoms with van der Waals surface area (Å²) in [7, 11) is 0.